The number of hydrogen-bond acceptors (Lipinski definition) is 6. The first-order valence-corrected chi connectivity index (χ1v) is 11.4. The van der Waals surface area contributed by atoms with Crippen LogP contribution in [0.4, 0.5) is 4.39 Å². The van der Waals surface area contributed by atoms with E-state index in [2.05, 4.69) is 15.0 Å². The standard InChI is InChI=1S/C24H31FN4O3/c1-16(26-24-21(31)4-3-10-28(24)2)18(15-30)9-13-29-11-7-17(8-12-29)23-20-6-5-19(25)14-22(20)32-27-23/h5-6,14-15,17,21,31H,3-4,7-13H2,1-2H3/b18-16-,26-24?. The molecule has 0 aliphatic carbocycles. The molecule has 2 fully saturated rings. The molecule has 1 atom stereocenters. The zero-order valence-electron chi connectivity index (χ0n) is 18.8. The maximum absolute atomic E-state index is 13.4. The summed E-state index contributed by atoms with van der Waals surface area (Å²) in [4.78, 5) is 20.6. The van der Waals surface area contributed by atoms with Gasteiger partial charge in [-0.2, -0.15) is 0 Å². The van der Waals surface area contributed by atoms with Gasteiger partial charge in [0.2, 0.25) is 0 Å². The number of likely N-dealkylation sites (N-methyl/N-ethyl adjacent to an activating group) is 1. The normalized spacial score (nSPS) is 23.1. The van der Waals surface area contributed by atoms with Crippen molar-refractivity contribution in [3.05, 3.63) is 41.0 Å². The van der Waals surface area contributed by atoms with Crippen LogP contribution in [0.5, 0.6) is 0 Å². The summed E-state index contributed by atoms with van der Waals surface area (Å²) in [6.45, 7) is 5.30. The number of aromatic nitrogens is 1. The topological polar surface area (TPSA) is 82.2 Å². The fourth-order valence-corrected chi connectivity index (χ4v) is 4.68. The predicted molar refractivity (Wildman–Crippen MR) is 121 cm³/mol. The Labute approximate surface area is 187 Å². The van der Waals surface area contributed by atoms with Crippen LogP contribution in [-0.4, -0.2) is 71.5 Å². The number of carbonyl (C=O) groups is 1. The van der Waals surface area contributed by atoms with E-state index in [4.69, 9.17) is 4.52 Å². The second kappa shape index (κ2) is 9.92. The number of halogens is 1. The number of allylic oxidation sites excluding steroid dienone is 1. The number of rotatable bonds is 6. The molecule has 1 aromatic carbocycles. The van der Waals surface area contributed by atoms with Gasteiger partial charge < -0.3 is 19.4 Å². The zero-order valence-corrected chi connectivity index (χ0v) is 18.8. The lowest BCUT2D eigenvalue weighted by molar-refractivity contribution is -0.105. The van der Waals surface area contributed by atoms with Gasteiger partial charge in [-0.3, -0.25) is 4.79 Å². The molecule has 1 unspecified atom stereocenters. The molecule has 0 spiro atoms. The summed E-state index contributed by atoms with van der Waals surface area (Å²) in [5.41, 5.74) is 2.76. The average molecular weight is 443 g/mol. The lowest BCUT2D eigenvalue weighted by Crippen LogP contribution is -2.41. The van der Waals surface area contributed by atoms with Crippen molar-refractivity contribution < 1.29 is 18.8 Å². The minimum atomic E-state index is -0.570. The minimum absolute atomic E-state index is 0.288. The molecule has 0 radical (unpaired) electrons. The fraction of sp³-hybridized carbons (Fsp3) is 0.542. The molecule has 8 heteroatoms. The Kier molecular flexibility index (Phi) is 7.01. The minimum Gasteiger partial charge on any atom is -0.385 e. The maximum Gasteiger partial charge on any atom is 0.170 e. The van der Waals surface area contributed by atoms with Gasteiger partial charge in [-0.05, 0) is 64.3 Å². The van der Waals surface area contributed by atoms with E-state index in [1.54, 1.807) is 6.07 Å². The van der Waals surface area contributed by atoms with Crippen molar-refractivity contribution in [2.45, 2.75) is 51.0 Å². The van der Waals surface area contributed by atoms with Crippen molar-refractivity contribution in [1.29, 1.82) is 0 Å². The highest BCUT2D eigenvalue weighted by Gasteiger charge is 2.26. The van der Waals surface area contributed by atoms with E-state index < -0.39 is 6.10 Å². The van der Waals surface area contributed by atoms with Gasteiger partial charge in [0.15, 0.2) is 5.58 Å². The van der Waals surface area contributed by atoms with Crippen LogP contribution in [-0.2, 0) is 4.79 Å². The average Bonchev–Trinajstić information content (AvgIpc) is 3.20. The van der Waals surface area contributed by atoms with Crippen molar-refractivity contribution in [3.63, 3.8) is 0 Å². The van der Waals surface area contributed by atoms with Crippen LogP contribution in [0.15, 0.2) is 39.0 Å². The Morgan fingerprint density at radius 3 is 2.81 bits per heavy atom. The maximum atomic E-state index is 13.4. The van der Waals surface area contributed by atoms with Gasteiger partial charge >= 0.3 is 0 Å². The third kappa shape index (κ3) is 4.91. The molecule has 3 heterocycles. The molecule has 4 rings (SSSR count). The van der Waals surface area contributed by atoms with Crippen molar-refractivity contribution >= 4 is 23.1 Å². The summed E-state index contributed by atoms with van der Waals surface area (Å²) in [6.07, 6.45) is 4.48. The molecule has 1 N–H and O–H groups in total. The number of aldehydes is 1. The summed E-state index contributed by atoms with van der Waals surface area (Å²) in [5, 5.41) is 15.3. The molecule has 0 bridgehead atoms. The third-order valence-corrected chi connectivity index (χ3v) is 6.68. The van der Waals surface area contributed by atoms with Crippen molar-refractivity contribution in [2.24, 2.45) is 4.99 Å². The Balaban J connectivity index is 1.35. The Morgan fingerprint density at radius 1 is 1.31 bits per heavy atom. The summed E-state index contributed by atoms with van der Waals surface area (Å²) in [6, 6.07) is 4.57. The first kappa shape index (κ1) is 22.6. The van der Waals surface area contributed by atoms with E-state index in [1.165, 1.54) is 12.1 Å². The van der Waals surface area contributed by atoms with Crippen LogP contribution in [0.1, 0.15) is 50.6 Å². The molecule has 1 aromatic heterocycles. The molecular weight excluding hydrogens is 411 g/mol. The number of carbonyl (C=O) groups excluding carboxylic acids is 1. The van der Waals surface area contributed by atoms with Crippen LogP contribution >= 0.6 is 0 Å². The monoisotopic (exact) mass is 442 g/mol. The van der Waals surface area contributed by atoms with Crippen molar-refractivity contribution in [1.82, 2.24) is 15.0 Å². The molecular formula is C24H31FN4O3. The molecule has 172 valence electrons. The molecule has 2 aromatic rings. The van der Waals surface area contributed by atoms with Gasteiger partial charge in [0.1, 0.15) is 24.0 Å². The van der Waals surface area contributed by atoms with Crippen LogP contribution in [0.3, 0.4) is 0 Å². The zero-order chi connectivity index (χ0) is 22.7. The highest BCUT2D eigenvalue weighted by Crippen LogP contribution is 2.33. The number of aliphatic hydroxyl groups excluding tert-OH is 1. The van der Waals surface area contributed by atoms with Gasteiger partial charge in [-0.25, -0.2) is 9.38 Å². The number of fused-ring (bicyclic) bond motifs is 1. The summed E-state index contributed by atoms with van der Waals surface area (Å²) >= 11 is 0. The first-order valence-electron chi connectivity index (χ1n) is 11.4. The van der Waals surface area contributed by atoms with E-state index in [9.17, 15) is 14.3 Å². The van der Waals surface area contributed by atoms with E-state index in [-0.39, 0.29) is 11.7 Å². The number of likely N-dealkylation sites (tertiary alicyclic amines) is 2. The van der Waals surface area contributed by atoms with Gasteiger partial charge in [-0.15, -0.1) is 0 Å². The first-order chi connectivity index (χ1) is 15.5. The molecule has 7 nitrogen and oxygen atoms in total. The molecule has 32 heavy (non-hydrogen) atoms. The Hall–Kier alpha value is -2.58. The van der Waals surface area contributed by atoms with Gasteiger partial charge in [0, 0.05) is 48.8 Å². The number of piperidine rings is 2. The molecule has 2 aliphatic heterocycles. The Morgan fingerprint density at radius 2 is 2.09 bits per heavy atom. The second-order valence-electron chi connectivity index (χ2n) is 8.85. The molecule has 2 aliphatic rings. The summed E-state index contributed by atoms with van der Waals surface area (Å²) < 4.78 is 18.7. The number of hydrogen-bond donors (Lipinski definition) is 1. The van der Waals surface area contributed by atoms with E-state index in [0.29, 0.717) is 35.5 Å². The number of benzene rings is 1. The summed E-state index contributed by atoms with van der Waals surface area (Å²) in [5.74, 6) is 0.614. The van der Waals surface area contributed by atoms with Gasteiger partial charge in [-0.1, -0.05) is 5.16 Å². The molecule has 2 saturated heterocycles. The number of amidine groups is 1. The van der Waals surface area contributed by atoms with Gasteiger partial charge in [0.05, 0.1) is 5.69 Å². The Bertz CT molecular complexity index is 1010. The molecule has 0 saturated carbocycles. The van der Waals surface area contributed by atoms with E-state index in [0.717, 1.165) is 62.8 Å². The highest BCUT2D eigenvalue weighted by molar-refractivity contribution is 5.88. The lowest BCUT2D eigenvalue weighted by atomic mass is 9.91. The summed E-state index contributed by atoms with van der Waals surface area (Å²) in [7, 11) is 1.92. The van der Waals surface area contributed by atoms with Crippen molar-refractivity contribution in [2.75, 3.05) is 33.2 Å². The van der Waals surface area contributed by atoms with E-state index >= 15 is 0 Å². The lowest BCUT2D eigenvalue weighted by Gasteiger charge is -2.31. The smallest absolute Gasteiger partial charge is 0.170 e. The van der Waals surface area contributed by atoms with Gasteiger partial charge in [0.25, 0.3) is 0 Å². The number of nitrogens with zero attached hydrogens (tertiary/aromatic N) is 4. The number of aliphatic hydroxyl groups is 1. The van der Waals surface area contributed by atoms with Crippen LogP contribution < -0.4 is 0 Å². The fourth-order valence-electron chi connectivity index (χ4n) is 4.68. The quantitative estimate of drug-likeness (QED) is 0.545. The highest BCUT2D eigenvalue weighted by atomic mass is 19.1. The largest absolute Gasteiger partial charge is 0.385 e. The van der Waals surface area contributed by atoms with Crippen LogP contribution in [0.2, 0.25) is 0 Å². The number of aliphatic imine (C=N–C) groups is 1. The van der Waals surface area contributed by atoms with Crippen LogP contribution in [0, 0.1) is 5.82 Å². The second-order valence-corrected chi connectivity index (χ2v) is 8.85. The van der Waals surface area contributed by atoms with Crippen molar-refractivity contribution in [3.8, 4) is 0 Å². The molecule has 0 amide bonds. The van der Waals surface area contributed by atoms with E-state index in [1.807, 2.05) is 18.9 Å². The third-order valence-electron chi connectivity index (χ3n) is 6.68. The van der Waals surface area contributed by atoms with Crippen LogP contribution in [0.25, 0.3) is 11.0 Å². The predicted octanol–water partition coefficient (Wildman–Crippen LogP) is 3.49. The SMILES string of the molecule is C/C(N=C1C(O)CCCN1C)=C(/C=O)CCN1CCC(c2noc3cc(F)ccc23)CC1.